The molecule has 4 rings (SSSR count). The molecule has 0 unspecified atom stereocenters. The first-order valence-corrected chi connectivity index (χ1v) is 9.65. The highest BCUT2D eigenvalue weighted by Gasteiger charge is 2.42. The molecule has 0 radical (unpaired) electrons. The van der Waals surface area contributed by atoms with Gasteiger partial charge in [-0.3, -0.25) is 9.59 Å². The first-order chi connectivity index (χ1) is 14.4. The molecule has 156 valence electrons. The minimum atomic E-state index is -0.469. The maximum Gasteiger partial charge on any atom is 0.231 e. The molecule has 0 fully saturated rings. The molecule has 2 aromatic carbocycles. The summed E-state index contributed by atoms with van der Waals surface area (Å²) in [7, 11) is 2.98. The van der Waals surface area contributed by atoms with Gasteiger partial charge in [-0.15, -0.1) is 0 Å². The molecule has 0 spiro atoms. The van der Waals surface area contributed by atoms with Gasteiger partial charge in [0.1, 0.15) is 5.78 Å². The second-order valence-electron chi connectivity index (χ2n) is 7.57. The predicted molar refractivity (Wildman–Crippen MR) is 110 cm³/mol. The molecule has 3 atom stereocenters. The summed E-state index contributed by atoms with van der Waals surface area (Å²) in [5.74, 6) is 0.743. The van der Waals surface area contributed by atoms with Gasteiger partial charge in [-0.1, -0.05) is 6.92 Å². The van der Waals surface area contributed by atoms with Gasteiger partial charge in [-0.05, 0) is 42.3 Å². The van der Waals surface area contributed by atoms with E-state index in [0.29, 0.717) is 40.6 Å². The van der Waals surface area contributed by atoms with Crippen molar-refractivity contribution in [2.24, 2.45) is 11.8 Å². The standard InChI is InChI=1S/C23H23NO6/c1-11-20(12(2)26)21(13-5-14(9-25)23(28-4)19(6-13)27-3)15-7-17-18(30-10-29-17)8-16(15)22(11)24/h5-9,11,20-21,24H,10H2,1-4H3/t11-,20+,21+/m0/s1. The molecule has 7 nitrogen and oxygen atoms in total. The summed E-state index contributed by atoms with van der Waals surface area (Å²) >= 11 is 0. The molecule has 2 aliphatic rings. The van der Waals surface area contributed by atoms with E-state index in [1.165, 1.54) is 14.2 Å². The number of ether oxygens (including phenoxy) is 4. The third-order valence-electron chi connectivity index (χ3n) is 6.01. The summed E-state index contributed by atoms with van der Waals surface area (Å²) in [6, 6.07) is 7.17. The Hall–Kier alpha value is -3.35. The third kappa shape index (κ3) is 2.93. The van der Waals surface area contributed by atoms with E-state index in [4.69, 9.17) is 24.4 Å². The largest absolute Gasteiger partial charge is 0.493 e. The number of carbonyl (C=O) groups is 2. The molecule has 1 aliphatic carbocycles. The summed E-state index contributed by atoms with van der Waals surface area (Å²) in [6.45, 7) is 3.55. The van der Waals surface area contributed by atoms with Gasteiger partial charge in [0.25, 0.3) is 0 Å². The number of fused-ring (bicyclic) bond motifs is 2. The molecule has 0 aromatic heterocycles. The minimum absolute atomic E-state index is 0.0250. The van der Waals surface area contributed by atoms with Gasteiger partial charge in [-0.25, -0.2) is 0 Å². The molecular formula is C23H23NO6. The Morgan fingerprint density at radius 2 is 1.83 bits per heavy atom. The van der Waals surface area contributed by atoms with Crippen LogP contribution in [0.2, 0.25) is 0 Å². The van der Waals surface area contributed by atoms with Crippen LogP contribution in [0.5, 0.6) is 23.0 Å². The van der Waals surface area contributed by atoms with Crippen molar-refractivity contribution in [2.75, 3.05) is 21.0 Å². The van der Waals surface area contributed by atoms with Crippen LogP contribution in [0, 0.1) is 17.2 Å². The van der Waals surface area contributed by atoms with Gasteiger partial charge in [0.2, 0.25) is 6.79 Å². The van der Waals surface area contributed by atoms with E-state index in [-0.39, 0.29) is 24.4 Å². The van der Waals surface area contributed by atoms with Crippen LogP contribution in [0.25, 0.3) is 0 Å². The fourth-order valence-corrected chi connectivity index (χ4v) is 4.61. The molecule has 0 amide bonds. The number of aldehydes is 1. The number of rotatable bonds is 5. The highest BCUT2D eigenvalue weighted by molar-refractivity contribution is 6.06. The predicted octanol–water partition coefficient (Wildman–Crippen LogP) is 3.60. The van der Waals surface area contributed by atoms with Gasteiger partial charge in [0.15, 0.2) is 29.3 Å². The lowest BCUT2D eigenvalue weighted by Crippen LogP contribution is -2.37. The van der Waals surface area contributed by atoms with Crippen LogP contribution < -0.4 is 18.9 Å². The van der Waals surface area contributed by atoms with E-state index in [1.54, 1.807) is 25.1 Å². The maximum atomic E-state index is 12.7. The highest BCUT2D eigenvalue weighted by atomic mass is 16.7. The van der Waals surface area contributed by atoms with Gasteiger partial charge in [0.05, 0.1) is 19.8 Å². The van der Waals surface area contributed by atoms with E-state index in [9.17, 15) is 9.59 Å². The molecule has 30 heavy (non-hydrogen) atoms. The second-order valence-corrected chi connectivity index (χ2v) is 7.57. The van der Waals surface area contributed by atoms with Gasteiger partial charge in [0, 0.05) is 29.0 Å². The first kappa shape index (κ1) is 19.9. The molecule has 0 saturated carbocycles. The molecule has 0 bridgehead atoms. The first-order valence-electron chi connectivity index (χ1n) is 9.65. The van der Waals surface area contributed by atoms with Gasteiger partial charge >= 0.3 is 0 Å². The van der Waals surface area contributed by atoms with Crippen molar-refractivity contribution in [1.82, 2.24) is 0 Å². The number of hydrogen-bond acceptors (Lipinski definition) is 7. The SMILES string of the molecule is COc1cc([C@@H]2c3cc4c(cc3C(=N)[C@@H](C)[C@@H]2C(C)=O)OCO4)cc(C=O)c1OC. The molecule has 7 heteroatoms. The smallest absolute Gasteiger partial charge is 0.231 e. The molecular weight excluding hydrogens is 386 g/mol. The topological polar surface area (TPSA) is 94.9 Å². The minimum Gasteiger partial charge on any atom is -0.493 e. The fraction of sp³-hybridized carbons (Fsp3) is 0.348. The van der Waals surface area contributed by atoms with Crippen molar-refractivity contribution in [2.45, 2.75) is 19.8 Å². The van der Waals surface area contributed by atoms with Crippen molar-refractivity contribution in [3.8, 4) is 23.0 Å². The monoisotopic (exact) mass is 409 g/mol. The van der Waals surface area contributed by atoms with Crippen molar-refractivity contribution >= 4 is 17.8 Å². The lowest BCUT2D eigenvalue weighted by Gasteiger charge is -2.38. The van der Waals surface area contributed by atoms with E-state index in [1.807, 2.05) is 13.0 Å². The Labute approximate surface area is 174 Å². The van der Waals surface area contributed by atoms with E-state index < -0.39 is 5.92 Å². The quantitative estimate of drug-likeness (QED) is 0.758. The van der Waals surface area contributed by atoms with Gasteiger partial charge < -0.3 is 24.4 Å². The Balaban J connectivity index is 2.00. The molecule has 1 N–H and O–H groups in total. The Bertz CT molecular complexity index is 1060. The van der Waals surface area contributed by atoms with E-state index in [0.717, 1.165) is 16.7 Å². The summed E-state index contributed by atoms with van der Waals surface area (Å²) < 4.78 is 21.9. The summed E-state index contributed by atoms with van der Waals surface area (Å²) in [4.78, 5) is 24.5. The number of methoxy groups -OCH3 is 2. The van der Waals surface area contributed by atoms with Crippen LogP contribution in [0.1, 0.15) is 46.8 Å². The Morgan fingerprint density at radius 3 is 2.43 bits per heavy atom. The number of ketones is 1. The lowest BCUT2D eigenvalue weighted by molar-refractivity contribution is -0.122. The second kappa shape index (κ2) is 7.48. The van der Waals surface area contributed by atoms with Crippen LogP contribution in [0.3, 0.4) is 0 Å². The van der Waals surface area contributed by atoms with Gasteiger partial charge in [-0.2, -0.15) is 0 Å². The Morgan fingerprint density at radius 1 is 1.13 bits per heavy atom. The number of carbonyl (C=O) groups excluding carboxylic acids is 2. The average Bonchev–Trinajstić information content (AvgIpc) is 3.21. The maximum absolute atomic E-state index is 12.7. The number of benzene rings is 2. The number of hydrogen-bond donors (Lipinski definition) is 1. The van der Waals surface area contributed by atoms with Crippen LogP contribution in [0.4, 0.5) is 0 Å². The van der Waals surface area contributed by atoms with Crippen LogP contribution in [-0.2, 0) is 4.79 Å². The fourth-order valence-electron chi connectivity index (χ4n) is 4.61. The van der Waals surface area contributed by atoms with E-state index in [2.05, 4.69) is 0 Å². The zero-order chi connectivity index (χ0) is 21.6. The molecule has 0 saturated heterocycles. The van der Waals surface area contributed by atoms with Crippen molar-refractivity contribution in [1.29, 1.82) is 5.41 Å². The average molecular weight is 409 g/mol. The van der Waals surface area contributed by atoms with Crippen molar-refractivity contribution in [3.05, 3.63) is 46.5 Å². The van der Waals surface area contributed by atoms with Crippen LogP contribution >= 0.6 is 0 Å². The third-order valence-corrected chi connectivity index (χ3v) is 6.01. The number of Topliss-reactive ketones (excluding diaryl/α,β-unsaturated/α-hetero) is 1. The molecule has 1 aliphatic heterocycles. The molecule has 1 heterocycles. The summed E-state index contributed by atoms with van der Waals surface area (Å²) in [6.07, 6.45) is 0.711. The highest BCUT2D eigenvalue weighted by Crippen LogP contribution is 2.49. The van der Waals surface area contributed by atoms with Crippen LogP contribution in [-0.4, -0.2) is 38.8 Å². The molecule has 2 aromatic rings. The summed E-state index contributed by atoms with van der Waals surface area (Å²) in [5, 5.41) is 8.69. The van der Waals surface area contributed by atoms with E-state index >= 15 is 0 Å². The van der Waals surface area contributed by atoms with Crippen molar-refractivity contribution < 1.29 is 28.5 Å². The lowest BCUT2D eigenvalue weighted by atomic mass is 9.64. The normalized spacial score (nSPS) is 21.7. The Kier molecular flexibility index (Phi) is 4.97. The summed E-state index contributed by atoms with van der Waals surface area (Å²) in [5.41, 5.74) is 2.98. The zero-order valence-electron chi connectivity index (χ0n) is 17.3. The van der Waals surface area contributed by atoms with Crippen molar-refractivity contribution in [3.63, 3.8) is 0 Å². The zero-order valence-corrected chi connectivity index (χ0v) is 17.3. The van der Waals surface area contributed by atoms with Crippen LogP contribution in [0.15, 0.2) is 24.3 Å². The number of nitrogens with one attached hydrogen (secondary N) is 1.